The minimum Gasteiger partial charge on any atom is -0.326 e. The molecule has 0 fully saturated rings. The molecule has 0 radical (unpaired) electrons. The van der Waals surface area contributed by atoms with Crippen LogP contribution >= 0.6 is 27.5 Å². The predicted molar refractivity (Wildman–Crippen MR) is 84.0 cm³/mol. The van der Waals surface area contributed by atoms with E-state index in [0.717, 1.165) is 26.9 Å². The number of halogens is 2. The third-order valence-corrected chi connectivity index (χ3v) is 4.24. The fraction of sp³-hybridized carbons (Fsp3) is 0.133. The zero-order valence-corrected chi connectivity index (χ0v) is 12.8. The van der Waals surface area contributed by atoms with Crippen molar-refractivity contribution in [3.63, 3.8) is 0 Å². The highest BCUT2D eigenvalue weighted by Crippen LogP contribution is 2.32. The molecule has 0 saturated carbocycles. The molecule has 0 spiro atoms. The molecule has 0 aromatic heterocycles. The van der Waals surface area contributed by atoms with Crippen molar-refractivity contribution >= 4 is 39.1 Å². The molecule has 2 aromatic rings. The molecule has 102 valence electrons. The standard InChI is InChI=1S/C15H12BrClN2O/c16-10-2-3-12(17)11(7-10)15(18)8-1-4-13-9(5-8)6-14(20)19-13/h1-5,7,15H,6,18H2,(H,19,20). The van der Waals surface area contributed by atoms with E-state index in [9.17, 15) is 4.79 Å². The minimum atomic E-state index is -0.319. The summed E-state index contributed by atoms with van der Waals surface area (Å²) in [6.07, 6.45) is 0.405. The van der Waals surface area contributed by atoms with Gasteiger partial charge in [-0.05, 0) is 41.0 Å². The summed E-state index contributed by atoms with van der Waals surface area (Å²) in [4.78, 5) is 11.4. The van der Waals surface area contributed by atoms with Crippen molar-refractivity contribution in [2.24, 2.45) is 5.73 Å². The van der Waals surface area contributed by atoms with Crippen molar-refractivity contribution < 1.29 is 4.79 Å². The Morgan fingerprint density at radius 3 is 2.85 bits per heavy atom. The van der Waals surface area contributed by atoms with Crippen LogP contribution in [0.25, 0.3) is 0 Å². The third kappa shape index (κ3) is 2.46. The van der Waals surface area contributed by atoms with Gasteiger partial charge >= 0.3 is 0 Å². The molecule has 1 heterocycles. The second kappa shape index (κ2) is 5.20. The number of fused-ring (bicyclic) bond motifs is 1. The van der Waals surface area contributed by atoms with Crippen LogP contribution in [0.2, 0.25) is 5.02 Å². The van der Waals surface area contributed by atoms with Gasteiger partial charge in [0.05, 0.1) is 12.5 Å². The summed E-state index contributed by atoms with van der Waals surface area (Å²) in [5.41, 5.74) is 9.96. The summed E-state index contributed by atoms with van der Waals surface area (Å²) >= 11 is 9.64. The van der Waals surface area contributed by atoms with Crippen LogP contribution in [0.5, 0.6) is 0 Å². The molecule has 1 aliphatic rings. The molecule has 0 bridgehead atoms. The van der Waals surface area contributed by atoms with E-state index in [1.165, 1.54) is 0 Å². The van der Waals surface area contributed by atoms with E-state index in [2.05, 4.69) is 21.2 Å². The molecule has 0 saturated heterocycles. The zero-order chi connectivity index (χ0) is 14.3. The van der Waals surface area contributed by atoms with E-state index >= 15 is 0 Å². The Labute approximate surface area is 130 Å². The average molecular weight is 352 g/mol. The van der Waals surface area contributed by atoms with Crippen molar-refractivity contribution in [2.45, 2.75) is 12.5 Å². The molecule has 1 amide bonds. The number of carbonyl (C=O) groups is 1. The highest BCUT2D eigenvalue weighted by Gasteiger charge is 2.20. The summed E-state index contributed by atoms with van der Waals surface area (Å²) < 4.78 is 0.936. The van der Waals surface area contributed by atoms with Gasteiger partial charge in [0.1, 0.15) is 0 Å². The Morgan fingerprint density at radius 2 is 2.05 bits per heavy atom. The molecule has 3 rings (SSSR count). The third-order valence-electron chi connectivity index (χ3n) is 3.41. The average Bonchev–Trinajstić information content (AvgIpc) is 2.79. The number of anilines is 1. The second-order valence-corrected chi connectivity index (χ2v) is 6.11. The lowest BCUT2D eigenvalue weighted by atomic mass is 9.97. The number of nitrogens with one attached hydrogen (secondary N) is 1. The van der Waals surface area contributed by atoms with E-state index in [1.54, 1.807) is 0 Å². The first-order valence-electron chi connectivity index (χ1n) is 6.18. The number of hydrogen-bond donors (Lipinski definition) is 2. The quantitative estimate of drug-likeness (QED) is 0.868. The zero-order valence-electron chi connectivity index (χ0n) is 10.5. The van der Waals surface area contributed by atoms with Gasteiger partial charge in [-0.3, -0.25) is 4.79 Å². The molecule has 1 aliphatic heterocycles. The van der Waals surface area contributed by atoms with Gasteiger partial charge in [0.15, 0.2) is 0 Å². The topological polar surface area (TPSA) is 55.1 Å². The normalized spacial score (nSPS) is 14.8. The Kier molecular flexibility index (Phi) is 3.54. The van der Waals surface area contributed by atoms with Gasteiger partial charge in [0, 0.05) is 15.2 Å². The molecule has 20 heavy (non-hydrogen) atoms. The Balaban J connectivity index is 1.99. The van der Waals surface area contributed by atoms with E-state index < -0.39 is 0 Å². The van der Waals surface area contributed by atoms with Crippen LogP contribution in [-0.2, 0) is 11.2 Å². The first-order chi connectivity index (χ1) is 9.54. The predicted octanol–water partition coefficient (Wildman–Crippen LogP) is 3.65. The number of benzene rings is 2. The number of carbonyl (C=O) groups excluding carboxylic acids is 1. The van der Waals surface area contributed by atoms with Crippen LogP contribution in [0.15, 0.2) is 40.9 Å². The summed E-state index contributed by atoms with van der Waals surface area (Å²) in [5, 5.41) is 3.45. The summed E-state index contributed by atoms with van der Waals surface area (Å²) in [7, 11) is 0. The fourth-order valence-electron chi connectivity index (χ4n) is 2.38. The Bertz CT molecular complexity index is 702. The van der Waals surface area contributed by atoms with Crippen molar-refractivity contribution in [1.82, 2.24) is 0 Å². The molecular formula is C15H12BrClN2O. The maximum atomic E-state index is 11.4. The smallest absolute Gasteiger partial charge is 0.228 e. The number of amides is 1. The van der Waals surface area contributed by atoms with E-state index in [4.69, 9.17) is 17.3 Å². The van der Waals surface area contributed by atoms with Gasteiger partial charge in [0.2, 0.25) is 5.91 Å². The maximum absolute atomic E-state index is 11.4. The van der Waals surface area contributed by atoms with Crippen LogP contribution in [0, 0.1) is 0 Å². The van der Waals surface area contributed by atoms with Gasteiger partial charge in [-0.2, -0.15) is 0 Å². The summed E-state index contributed by atoms with van der Waals surface area (Å²) in [6.45, 7) is 0. The van der Waals surface area contributed by atoms with Crippen molar-refractivity contribution in [3.8, 4) is 0 Å². The molecule has 2 aromatic carbocycles. The van der Waals surface area contributed by atoms with Crippen LogP contribution in [0.3, 0.4) is 0 Å². The lowest BCUT2D eigenvalue weighted by Gasteiger charge is -2.15. The van der Waals surface area contributed by atoms with Crippen molar-refractivity contribution in [2.75, 3.05) is 5.32 Å². The largest absolute Gasteiger partial charge is 0.326 e. The van der Waals surface area contributed by atoms with Crippen LogP contribution in [-0.4, -0.2) is 5.91 Å². The lowest BCUT2D eigenvalue weighted by Crippen LogP contribution is -2.12. The lowest BCUT2D eigenvalue weighted by molar-refractivity contribution is -0.115. The van der Waals surface area contributed by atoms with Gasteiger partial charge in [-0.25, -0.2) is 0 Å². The molecule has 1 unspecified atom stereocenters. The fourth-order valence-corrected chi connectivity index (χ4v) is 2.99. The van der Waals surface area contributed by atoms with Crippen molar-refractivity contribution in [1.29, 1.82) is 0 Å². The Hall–Kier alpha value is -1.36. The number of nitrogens with two attached hydrogens (primary N) is 1. The SMILES string of the molecule is NC(c1ccc2c(c1)CC(=O)N2)c1cc(Br)ccc1Cl. The molecule has 0 aliphatic carbocycles. The number of hydrogen-bond acceptors (Lipinski definition) is 2. The highest BCUT2D eigenvalue weighted by molar-refractivity contribution is 9.10. The van der Waals surface area contributed by atoms with E-state index in [0.29, 0.717) is 11.4 Å². The van der Waals surface area contributed by atoms with Gasteiger partial charge < -0.3 is 11.1 Å². The van der Waals surface area contributed by atoms with Crippen LogP contribution < -0.4 is 11.1 Å². The Morgan fingerprint density at radius 1 is 1.25 bits per heavy atom. The van der Waals surface area contributed by atoms with Gasteiger partial charge in [0.25, 0.3) is 0 Å². The number of rotatable bonds is 2. The van der Waals surface area contributed by atoms with Gasteiger partial charge in [-0.1, -0.05) is 39.7 Å². The maximum Gasteiger partial charge on any atom is 0.228 e. The minimum absolute atomic E-state index is 0.0196. The summed E-state index contributed by atoms with van der Waals surface area (Å²) in [5.74, 6) is 0.0196. The molecule has 1 atom stereocenters. The van der Waals surface area contributed by atoms with E-state index in [-0.39, 0.29) is 11.9 Å². The molecular weight excluding hydrogens is 340 g/mol. The first-order valence-corrected chi connectivity index (χ1v) is 7.35. The highest BCUT2D eigenvalue weighted by atomic mass is 79.9. The first kappa shape index (κ1) is 13.6. The molecule has 3 N–H and O–H groups in total. The molecule has 5 heteroatoms. The van der Waals surface area contributed by atoms with Crippen molar-refractivity contribution in [3.05, 3.63) is 62.6 Å². The monoisotopic (exact) mass is 350 g/mol. The molecule has 3 nitrogen and oxygen atoms in total. The van der Waals surface area contributed by atoms with E-state index in [1.807, 2.05) is 36.4 Å². The van der Waals surface area contributed by atoms with Crippen LogP contribution in [0.4, 0.5) is 5.69 Å². The summed E-state index contributed by atoms with van der Waals surface area (Å²) in [6, 6.07) is 11.1. The van der Waals surface area contributed by atoms with Gasteiger partial charge in [-0.15, -0.1) is 0 Å². The second-order valence-electron chi connectivity index (χ2n) is 4.79. The van der Waals surface area contributed by atoms with Crippen LogP contribution in [0.1, 0.15) is 22.7 Å².